The van der Waals surface area contributed by atoms with Crippen molar-refractivity contribution in [1.29, 1.82) is 0 Å². The molecule has 0 bridgehead atoms. The molecule has 6 nitrogen and oxygen atoms in total. The van der Waals surface area contributed by atoms with Crippen LogP contribution >= 0.6 is 0 Å². The number of likely N-dealkylation sites (tertiary alicyclic amines) is 1. The van der Waals surface area contributed by atoms with Crippen molar-refractivity contribution in [3.05, 3.63) is 29.8 Å². The largest absolute Gasteiger partial charge is 0.481 e. The molecule has 1 atom stereocenters. The van der Waals surface area contributed by atoms with E-state index in [4.69, 9.17) is 4.74 Å². The summed E-state index contributed by atoms with van der Waals surface area (Å²) in [6.45, 7) is 8.19. The van der Waals surface area contributed by atoms with Crippen LogP contribution in [0.1, 0.15) is 12.5 Å². The fraction of sp³-hybridized carbons (Fsp3) is 0.579. The van der Waals surface area contributed by atoms with Crippen molar-refractivity contribution in [1.82, 2.24) is 14.7 Å². The van der Waals surface area contributed by atoms with Crippen LogP contribution in [-0.4, -0.2) is 78.9 Å². The normalized spacial score (nSPS) is 20.1. The van der Waals surface area contributed by atoms with Gasteiger partial charge in [0.2, 0.25) is 5.91 Å². The highest BCUT2D eigenvalue weighted by Crippen LogP contribution is 2.21. The van der Waals surface area contributed by atoms with E-state index in [2.05, 4.69) is 11.9 Å². The van der Waals surface area contributed by atoms with Gasteiger partial charge in [-0.3, -0.25) is 9.59 Å². The van der Waals surface area contributed by atoms with Gasteiger partial charge in [0.1, 0.15) is 5.75 Å². The fourth-order valence-electron chi connectivity index (χ4n) is 3.23. The number of nitrogens with zero attached hydrogens (tertiary/aromatic N) is 3. The Morgan fingerprint density at radius 3 is 2.24 bits per heavy atom. The van der Waals surface area contributed by atoms with Gasteiger partial charge in [0.05, 0.1) is 5.92 Å². The molecule has 2 amide bonds. The second-order valence-corrected chi connectivity index (χ2v) is 7.14. The Morgan fingerprint density at radius 2 is 1.64 bits per heavy atom. The van der Waals surface area contributed by atoms with E-state index in [1.165, 1.54) is 0 Å². The monoisotopic (exact) mass is 345 g/mol. The Morgan fingerprint density at radius 1 is 1.04 bits per heavy atom. The van der Waals surface area contributed by atoms with E-state index in [0.717, 1.165) is 31.7 Å². The van der Waals surface area contributed by atoms with Gasteiger partial charge < -0.3 is 19.4 Å². The van der Waals surface area contributed by atoms with Gasteiger partial charge >= 0.3 is 0 Å². The van der Waals surface area contributed by atoms with Gasteiger partial charge in [0, 0.05) is 39.3 Å². The second kappa shape index (κ2) is 7.44. The number of likely N-dealkylation sites (N-methyl/N-ethyl adjacent to an activating group) is 1. The van der Waals surface area contributed by atoms with Crippen molar-refractivity contribution in [3.8, 4) is 5.75 Å². The molecule has 0 aliphatic carbocycles. The van der Waals surface area contributed by atoms with Gasteiger partial charge in [-0.2, -0.15) is 0 Å². The highest BCUT2D eigenvalue weighted by Gasteiger charge is 2.40. The Labute approximate surface area is 149 Å². The third-order valence-electron chi connectivity index (χ3n) is 5.04. The lowest BCUT2D eigenvalue weighted by Gasteiger charge is -2.43. The van der Waals surface area contributed by atoms with Crippen LogP contribution in [0, 0.1) is 12.8 Å². The smallest absolute Gasteiger partial charge is 0.263 e. The average Bonchev–Trinajstić information content (AvgIpc) is 2.56. The second-order valence-electron chi connectivity index (χ2n) is 7.14. The zero-order valence-corrected chi connectivity index (χ0v) is 15.3. The van der Waals surface area contributed by atoms with Gasteiger partial charge in [0.25, 0.3) is 5.91 Å². The third kappa shape index (κ3) is 4.12. The lowest BCUT2D eigenvalue weighted by molar-refractivity contribution is -0.153. The van der Waals surface area contributed by atoms with Gasteiger partial charge in [-0.1, -0.05) is 17.7 Å². The molecule has 1 aromatic carbocycles. The molecular weight excluding hydrogens is 318 g/mol. The zero-order chi connectivity index (χ0) is 18.0. The predicted octanol–water partition coefficient (Wildman–Crippen LogP) is 0.995. The van der Waals surface area contributed by atoms with Crippen molar-refractivity contribution in [2.45, 2.75) is 20.0 Å². The summed E-state index contributed by atoms with van der Waals surface area (Å²) < 4.78 is 5.72. The maximum absolute atomic E-state index is 12.5. The van der Waals surface area contributed by atoms with E-state index in [0.29, 0.717) is 18.8 Å². The van der Waals surface area contributed by atoms with E-state index >= 15 is 0 Å². The molecule has 2 saturated heterocycles. The molecule has 0 aromatic heterocycles. The molecule has 136 valence electrons. The number of aryl methyl sites for hydroxylation is 1. The Balaban J connectivity index is 1.45. The summed E-state index contributed by atoms with van der Waals surface area (Å²) >= 11 is 0. The number of hydrogen-bond acceptors (Lipinski definition) is 4. The maximum Gasteiger partial charge on any atom is 0.263 e. The minimum Gasteiger partial charge on any atom is -0.481 e. The summed E-state index contributed by atoms with van der Waals surface area (Å²) in [6, 6.07) is 7.66. The summed E-state index contributed by atoms with van der Waals surface area (Å²) in [5, 5.41) is 0. The molecule has 1 unspecified atom stereocenters. The Hall–Kier alpha value is -2.08. The fourth-order valence-corrected chi connectivity index (χ4v) is 3.23. The van der Waals surface area contributed by atoms with Crippen molar-refractivity contribution in [3.63, 3.8) is 0 Å². The molecule has 1 aromatic rings. The first kappa shape index (κ1) is 17.7. The predicted molar refractivity (Wildman–Crippen MR) is 95.4 cm³/mol. The average molecular weight is 345 g/mol. The van der Waals surface area contributed by atoms with Crippen LogP contribution in [0.2, 0.25) is 0 Å². The van der Waals surface area contributed by atoms with Crippen LogP contribution in [-0.2, 0) is 9.59 Å². The Kier molecular flexibility index (Phi) is 5.27. The summed E-state index contributed by atoms with van der Waals surface area (Å²) in [6.07, 6.45) is -0.539. The molecule has 6 heteroatoms. The van der Waals surface area contributed by atoms with Gasteiger partial charge in [0.15, 0.2) is 6.10 Å². The summed E-state index contributed by atoms with van der Waals surface area (Å²) in [7, 11) is 2.07. The number of carbonyl (C=O) groups is 2. The quantitative estimate of drug-likeness (QED) is 0.817. The van der Waals surface area contributed by atoms with Crippen molar-refractivity contribution in [2.75, 3.05) is 46.3 Å². The van der Waals surface area contributed by atoms with E-state index in [1.807, 2.05) is 36.1 Å². The minimum atomic E-state index is -0.539. The molecule has 2 aliphatic rings. The molecule has 0 saturated carbocycles. The van der Waals surface area contributed by atoms with E-state index in [9.17, 15) is 9.59 Å². The maximum atomic E-state index is 12.5. The number of rotatable bonds is 4. The number of amides is 2. The standard InChI is InChI=1S/C19H27N3O3/c1-14-4-6-17(7-5-14)25-15(2)18(23)22-12-16(13-22)19(24)21-10-8-20(3)9-11-21/h4-7,15-16H,8-13H2,1-3H3. The van der Waals surface area contributed by atoms with Crippen LogP contribution in [0.15, 0.2) is 24.3 Å². The minimum absolute atomic E-state index is 0.0528. The van der Waals surface area contributed by atoms with E-state index in [1.54, 1.807) is 11.8 Å². The topological polar surface area (TPSA) is 53.1 Å². The molecule has 25 heavy (non-hydrogen) atoms. The van der Waals surface area contributed by atoms with E-state index < -0.39 is 6.10 Å². The Bertz CT molecular complexity index is 617. The van der Waals surface area contributed by atoms with Crippen LogP contribution < -0.4 is 4.74 Å². The number of hydrogen-bond donors (Lipinski definition) is 0. The summed E-state index contributed by atoms with van der Waals surface area (Å²) in [4.78, 5) is 30.8. The van der Waals surface area contributed by atoms with Gasteiger partial charge in [-0.15, -0.1) is 0 Å². The third-order valence-corrected chi connectivity index (χ3v) is 5.04. The summed E-state index contributed by atoms with van der Waals surface area (Å²) in [5.74, 6) is 0.767. The zero-order valence-electron chi connectivity index (χ0n) is 15.3. The van der Waals surface area contributed by atoms with E-state index in [-0.39, 0.29) is 17.7 Å². The molecule has 2 fully saturated rings. The van der Waals surface area contributed by atoms with Gasteiger partial charge in [-0.05, 0) is 33.0 Å². The SMILES string of the molecule is Cc1ccc(OC(C)C(=O)N2CC(C(=O)N3CCN(C)CC3)C2)cc1. The van der Waals surface area contributed by atoms with Crippen LogP contribution in [0.25, 0.3) is 0 Å². The van der Waals surface area contributed by atoms with Crippen LogP contribution in [0.4, 0.5) is 0 Å². The summed E-state index contributed by atoms with van der Waals surface area (Å²) in [5.41, 5.74) is 1.15. The first-order chi connectivity index (χ1) is 11.9. The highest BCUT2D eigenvalue weighted by molar-refractivity contribution is 5.86. The highest BCUT2D eigenvalue weighted by atomic mass is 16.5. The molecule has 3 rings (SSSR count). The first-order valence-electron chi connectivity index (χ1n) is 8.93. The molecule has 0 radical (unpaired) electrons. The molecule has 0 N–H and O–H groups in total. The molecule has 2 aliphatic heterocycles. The number of ether oxygens (including phenoxy) is 1. The van der Waals surface area contributed by atoms with Gasteiger partial charge in [-0.25, -0.2) is 0 Å². The number of piperazine rings is 1. The van der Waals surface area contributed by atoms with Crippen molar-refractivity contribution in [2.24, 2.45) is 5.92 Å². The van der Waals surface area contributed by atoms with Crippen LogP contribution in [0.3, 0.4) is 0 Å². The lowest BCUT2D eigenvalue weighted by atomic mass is 9.97. The van der Waals surface area contributed by atoms with Crippen molar-refractivity contribution < 1.29 is 14.3 Å². The number of carbonyl (C=O) groups excluding carboxylic acids is 2. The number of benzene rings is 1. The molecule has 0 spiro atoms. The first-order valence-corrected chi connectivity index (χ1v) is 8.93. The molecule has 2 heterocycles. The molecular formula is C19H27N3O3. The van der Waals surface area contributed by atoms with Crippen molar-refractivity contribution >= 4 is 11.8 Å². The lowest BCUT2D eigenvalue weighted by Crippen LogP contribution is -2.60. The van der Waals surface area contributed by atoms with Crippen LogP contribution in [0.5, 0.6) is 5.75 Å².